The third kappa shape index (κ3) is 7.58. The number of rotatable bonds is 11. The van der Waals surface area contributed by atoms with Gasteiger partial charge in [0.1, 0.15) is 11.8 Å². The first kappa shape index (κ1) is 33.9. The predicted octanol–water partition coefficient (Wildman–Crippen LogP) is 8.28. The topological polar surface area (TPSA) is 73.6 Å². The lowest BCUT2D eigenvalue weighted by atomic mass is 9.88. The summed E-state index contributed by atoms with van der Waals surface area (Å²) in [7, 11) is 0.791. The minimum Gasteiger partial charge on any atom is -0.492 e. The lowest BCUT2D eigenvalue weighted by molar-refractivity contribution is 0.0779. The molecule has 1 heterocycles. The average Bonchev–Trinajstić information content (AvgIpc) is 3.07. The van der Waals surface area contributed by atoms with E-state index in [0.717, 1.165) is 60.1 Å². The zero-order valence-corrected chi connectivity index (χ0v) is 28.8. The highest BCUT2D eigenvalue weighted by atomic mass is 35.5. The van der Waals surface area contributed by atoms with Gasteiger partial charge in [-0.3, -0.25) is 9.00 Å². The maximum Gasteiger partial charge on any atom is 0.258 e. The van der Waals surface area contributed by atoms with Crippen LogP contribution in [-0.2, 0) is 10.8 Å². The molecule has 0 aromatic heterocycles. The van der Waals surface area contributed by atoms with Crippen molar-refractivity contribution in [3.05, 3.63) is 105 Å². The second kappa shape index (κ2) is 15.5. The van der Waals surface area contributed by atoms with Gasteiger partial charge in [-0.05, 0) is 97.9 Å². The molecule has 4 aromatic rings. The van der Waals surface area contributed by atoms with Crippen molar-refractivity contribution in [2.75, 3.05) is 46.1 Å². The van der Waals surface area contributed by atoms with Gasteiger partial charge in [-0.25, -0.2) is 0 Å². The molecule has 1 fully saturated rings. The normalized spacial score (nSPS) is 15.3. The Balaban J connectivity index is 1.36. The summed E-state index contributed by atoms with van der Waals surface area (Å²) in [4.78, 5) is 19.4. The number of hydrogen-bond acceptors (Lipinski definition) is 5. The first-order valence-electron chi connectivity index (χ1n) is 15.7. The van der Waals surface area contributed by atoms with Gasteiger partial charge in [-0.2, -0.15) is 5.26 Å². The monoisotopic (exact) mass is 675 g/mol. The molecule has 1 saturated heterocycles. The van der Waals surface area contributed by atoms with E-state index in [9.17, 15) is 14.3 Å². The molecule has 0 radical (unpaired) electrons. The van der Waals surface area contributed by atoms with Crippen LogP contribution in [0.25, 0.3) is 10.8 Å². The van der Waals surface area contributed by atoms with E-state index < -0.39 is 10.8 Å². The van der Waals surface area contributed by atoms with E-state index in [4.69, 9.17) is 27.9 Å². The van der Waals surface area contributed by atoms with Crippen LogP contribution in [-0.4, -0.2) is 66.0 Å². The van der Waals surface area contributed by atoms with Crippen molar-refractivity contribution in [2.24, 2.45) is 0 Å². The van der Waals surface area contributed by atoms with Crippen molar-refractivity contribution in [2.45, 2.75) is 42.9 Å². The van der Waals surface area contributed by atoms with Crippen LogP contribution in [0, 0.1) is 11.3 Å². The molecule has 1 amide bonds. The minimum absolute atomic E-state index is 0.00867. The molecular weight excluding hydrogens is 637 g/mol. The number of piperidine rings is 1. The molecule has 1 aliphatic heterocycles. The molecule has 0 bridgehead atoms. The Bertz CT molecular complexity index is 1780. The Morgan fingerprint density at radius 2 is 1.78 bits per heavy atom. The number of amides is 1. The van der Waals surface area contributed by atoms with Gasteiger partial charge in [0, 0.05) is 30.7 Å². The number of nitriles is 1. The van der Waals surface area contributed by atoms with Gasteiger partial charge in [0.25, 0.3) is 5.91 Å². The largest absolute Gasteiger partial charge is 0.492 e. The van der Waals surface area contributed by atoms with E-state index in [0.29, 0.717) is 46.0 Å². The number of likely N-dealkylation sites (tertiary alicyclic amines) is 1. The van der Waals surface area contributed by atoms with Gasteiger partial charge < -0.3 is 14.5 Å². The summed E-state index contributed by atoms with van der Waals surface area (Å²) in [6.07, 6.45) is 4.57. The van der Waals surface area contributed by atoms with Crippen LogP contribution in [0.15, 0.2) is 77.7 Å². The molecule has 240 valence electrons. The molecule has 9 heteroatoms. The Labute approximate surface area is 284 Å². The van der Waals surface area contributed by atoms with Gasteiger partial charge in [0.05, 0.1) is 38.6 Å². The molecule has 6 nitrogen and oxygen atoms in total. The van der Waals surface area contributed by atoms with E-state index >= 15 is 0 Å². The molecule has 0 saturated carbocycles. The quantitative estimate of drug-likeness (QED) is 0.160. The molecule has 4 aromatic carbocycles. The highest BCUT2D eigenvalue weighted by molar-refractivity contribution is 7.84. The highest BCUT2D eigenvalue weighted by Gasteiger charge is 2.28. The highest BCUT2D eigenvalue weighted by Crippen LogP contribution is 2.36. The van der Waals surface area contributed by atoms with Gasteiger partial charge in [0.15, 0.2) is 0 Å². The van der Waals surface area contributed by atoms with Crippen molar-refractivity contribution < 1.29 is 13.7 Å². The fourth-order valence-electron chi connectivity index (χ4n) is 6.54. The number of ether oxygens (including phenoxy) is 1. The summed E-state index contributed by atoms with van der Waals surface area (Å²) in [5.41, 5.74) is 2.97. The smallest absolute Gasteiger partial charge is 0.258 e. The van der Waals surface area contributed by atoms with Crippen LogP contribution in [0.5, 0.6) is 5.75 Å². The van der Waals surface area contributed by atoms with Crippen molar-refractivity contribution in [1.82, 2.24) is 9.80 Å². The molecule has 0 N–H and O–H groups in total. The van der Waals surface area contributed by atoms with Crippen LogP contribution in [0.2, 0.25) is 10.0 Å². The number of fused-ring (bicyclic) bond motifs is 1. The van der Waals surface area contributed by atoms with Crippen molar-refractivity contribution >= 4 is 50.7 Å². The van der Waals surface area contributed by atoms with E-state index in [1.807, 2.05) is 67.6 Å². The summed E-state index contributed by atoms with van der Waals surface area (Å²) >= 11 is 12.8. The first-order chi connectivity index (χ1) is 22.2. The zero-order valence-electron chi connectivity index (χ0n) is 26.5. The number of benzene rings is 4. The average molecular weight is 677 g/mol. The molecular formula is C37H39Cl2N3O3S. The lowest BCUT2D eigenvalue weighted by Gasteiger charge is -2.34. The van der Waals surface area contributed by atoms with Crippen molar-refractivity contribution in [3.63, 3.8) is 0 Å². The maximum atomic E-state index is 14.2. The standard InChI is InChI=1S/C37H39Cl2N3O3S/c1-4-45-36-29(23-40)21-27-9-5-6-11-31(27)35(36)37(43)41(2)24-28(26-13-14-32(38)33(39)22-26)17-20-42-18-15-25(16-19-42)30-10-7-8-12-34(30)46(3)44/h5-14,21-22,25,28H,4,15-20,24H2,1-3H3/t28-,46+/m1/s1. The van der Waals surface area contributed by atoms with E-state index in [1.54, 1.807) is 24.3 Å². The summed E-state index contributed by atoms with van der Waals surface area (Å²) in [5, 5.41) is 12.5. The van der Waals surface area contributed by atoms with Crippen LogP contribution in [0.3, 0.4) is 0 Å². The van der Waals surface area contributed by atoms with Crippen LogP contribution >= 0.6 is 23.2 Å². The van der Waals surface area contributed by atoms with E-state index in [1.165, 1.54) is 5.56 Å². The third-order valence-corrected chi connectivity index (χ3v) is 10.7. The number of nitrogens with zero attached hydrogens (tertiary/aromatic N) is 3. The van der Waals surface area contributed by atoms with Gasteiger partial charge in [0.2, 0.25) is 0 Å². The second-order valence-electron chi connectivity index (χ2n) is 11.8. The SMILES string of the molecule is CCOc1c(C#N)cc2ccccc2c1C(=O)N(C)C[C@@H](CCN1CCC(c2ccccc2[S@](C)=O)CC1)c1ccc(Cl)c(Cl)c1. The fraction of sp³-hybridized carbons (Fsp3) is 0.351. The summed E-state index contributed by atoms with van der Waals surface area (Å²) in [5.74, 6) is 0.507. The lowest BCUT2D eigenvalue weighted by Crippen LogP contribution is -2.36. The number of halogens is 2. The number of carbonyl (C=O) groups is 1. The Morgan fingerprint density at radius 1 is 1.07 bits per heavy atom. The van der Waals surface area contributed by atoms with Crippen LogP contribution in [0.1, 0.15) is 65.1 Å². The minimum atomic E-state index is -1.01. The second-order valence-corrected chi connectivity index (χ2v) is 14.0. The maximum absolute atomic E-state index is 14.2. The predicted molar refractivity (Wildman–Crippen MR) is 188 cm³/mol. The molecule has 0 spiro atoms. The Kier molecular flexibility index (Phi) is 11.4. The Morgan fingerprint density at radius 3 is 2.48 bits per heavy atom. The zero-order chi connectivity index (χ0) is 32.8. The van der Waals surface area contributed by atoms with Crippen molar-refractivity contribution in [1.29, 1.82) is 5.26 Å². The van der Waals surface area contributed by atoms with Crippen LogP contribution in [0.4, 0.5) is 0 Å². The van der Waals surface area contributed by atoms with E-state index in [-0.39, 0.29) is 11.8 Å². The number of hydrogen-bond donors (Lipinski definition) is 0. The number of likely N-dealkylation sites (N-methyl/N-ethyl adjacent to an activating group) is 1. The Hall–Kier alpha value is -3.41. The summed E-state index contributed by atoms with van der Waals surface area (Å²) < 4.78 is 18.3. The van der Waals surface area contributed by atoms with Crippen molar-refractivity contribution in [3.8, 4) is 11.8 Å². The third-order valence-electron chi connectivity index (χ3n) is 8.93. The summed E-state index contributed by atoms with van der Waals surface area (Å²) in [6, 6.07) is 25.4. The molecule has 2 atom stereocenters. The van der Waals surface area contributed by atoms with E-state index in [2.05, 4.69) is 17.0 Å². The molecule has 46 heavy (non-hydrogen) atoms. The van der Waals surface area contributed by atoms with Gasteiger partial charge >= 0.3 is 0 Å². The van der Waals surface area contributed by atoms with Gasteiger partial charge in [-0.1, -0.05) is 71.7 Å². The fourth-order valence-corrected chi connectivity index (χ4v) is 7.68. The molecule has 0 unspecified atom stereocenters. The number of carbonyl (C=O) groups excluding carboxylic acids is 1. The molecule has 5 rings (SSSR count). The molecule has 1 aliphatic rings. The molecule has 0 aliphatic carbocycles. The first-order valence-corrected chi connectivity index (χ1v) is 18.0. The van der Waals surface area contributed by atoms with Gasteiger partial charge in [-0.15, -0.1) is 0 Å². The summed E-state index contributed by atoms with van der Waals surface area (Å²) in [6.45, 7) is 5.38. The van der Waals surface area contributed by atoms with Crippen LogP contribution < -0.4 is 4.74 Å².